The summed E-state index contributed by atoms with van der Waals surface area (Å²) in [6.45, 7) is 0.347. The highest BCUT2D eigenvalue weighted by Gasteiger charge is 2.22. The van der Waals surface area contributed by atoms with Crippen LogP contribution in [0.4, 0.5) is 14.9 Å². The minimum absolute atomic E-state index is 0.0674. The molecule has 0 radical (unpaired) electrons. The Hall–Kier alpha value is -4.45. The summed E-state index contributed by atoms with van der Waals surface area (Å²) in [6, 6.07) is 32.3. The van der Waals surface area contributed by atoms with Gasteiger partial charge in [0.1, 0.15) is 19.0 Å². The molecule has 4 rings (SSSR count). The molecule has 0 spiro atoms. The number of anilines is 1. The first-order valence-electron chi connectivity index (χ1n) is 11.6. The number of carbonyl (C=O) groups excluding carboxylic acids is 2. The fourth-order valence-electron chi connectivity index (χ4n) is 3.65. The summed E-state index contributed by atoms with van der Waals surface area (Å²) in [5, 5.41) is 0. The van der Waals surface area contributed by atoms with Crippen LogP contribution in [0.5, 0.6) is 0 Å². The Kier molecular flexibility index (Phi) is 8.44. The van der Waals surface area contributed by atoms with Crippen molar-refractivity contribution >= 4 is 17.7 Å². The smallest absolute Gasteiger partial charge is 0.415 e. The molecule has 0 bridgehead atoms. The molecule has 4 aromatic rings. The van der Waals surface area contributed by atoms with Gasteiger partial charge in [0.2, 0.25) is 0 Å². The highest BCUT2D eigenvalue weighted by Crippen LogP contribution is 2.24. The van der Waals surface area contributed by atoms with Gasteiger partial charge in [0.15, 0.2) is 0 Å². The van der Waals surface area contributed by atoms with Crippen molar-refractivity contribution in [1.82, 2.24) is 0 Å². The summed E-state index contributed by atoms with van der Waals surface area (Å²) in [5.41, 5.74) is 3.04. The highest BCUT2D eigenvalue weighted by atomic mass is 19.1. The van der Waals surface area contributed by atoms with Crippen molar-refractivity contribution in [2.24, 2.45) is 0 Å². The van der Waals surface area contributed by atoms with Crippen LogP contribution < -0.4 is 4.90 Å². The molecule has 0 fully saturated rings. The zero-order valence-corrected chi connectivity index (χ0v) is 19.7. The molecule has 0 atom stereocenters. The molecule has 0 N–H and O–H groups in total. The van der Waals surface area contributed by atoms with Gasteiger partial charge in [-0.05, 0) is 34.4 Å². The number of rotatable bonds is 9. The summed E-state index contributed by atoms with van der Waals surface area (Å²) in [6.07, 6.45) is -0.752. The van der Waals surface area contributed by atoms with E-state index in [1.54, 1.807) is 6.07 Å². The lowest BCUT2D eigenvalue weighted by molar-refractivity contribution is -0.144. The molecule has 6 heteroatoms. The zero-order valence-electron chi connectivity index (χ0n) is 19.7. The average Bonchev–Trinajstić information content (AvgIpc) is 2.91. The van der Waals surface area contributed by atoms with Gasteiger partial charge in [-0.3, -0.25) is 9.69 Å². The Morgan fingerprint density at radius 3 is 1.72 bits per heavy atom. The van der Waals surface area contributed by atoms with E-state index in [1.807, 2.05) is 91.0 Å². The fourth-order valence-corrected chi connectivity index (χ4v) is 3.65. The average molecular weight is 484 g/mol. The summed E-state index contributed by atoms with van der Waals surface area (Å²) in [7, 11) is 0. The van der Waals surface area contributed by atoms with Crippen LogP contribution in [0.15, 0.2) is 109 Å². The van der Waals surface area contributed by atoms with E-state index < -0.39 is 17.9 Å². The molecule has 0 aliphatic heterocycles. The van der Waals surface area contributed by atoms with Crippen molar-refractivity contribution in [3.8, 4) is 0 Å². The number of hydrogen-bond acceptors (Lipinski definition) is 4. The second-order valence-electron chi connectivity index (χ2n) is 8.22. The van der Waals surface area contributed by atoms with Crippen LogP contribution in [0.2, 0.25) is 0 Å². The van der Waals surface area contributed by atoms with Gasteiger partial charge in [-0.15, -0.1) is 0 Å². The van der Waals surface area contributed by atoms with Crippen molar-refractivity contribution in [2.45, 2.75) is 26.2 Å². The van der Waals surface area contributed by atoms with Gasteiger partial charge < -0.3 is 9.47 Å². The molecular formula is C30H26FNO4. The van der Waals surface area contributed by atoms with Gasteiger partial charge in [0, 0.05) is 0 Å². The third-order valence-electron chi connectivity index (χ3n) is 5.50. The minimum atomic E-state index is -0.670. The first-order valence-corrected chi connectivity index (χ1v) is 11.6. The Bertz CT molecular complexity index is 1280. The standard InChI is InChI=1S/C30H26FNO4/c31-27-18-26(19-29(33)35-21-24-12-6-2-7-13-24)16-17-28(27)32(20-23-10-4-1-5-11-23)30(34)36-22-25-14-8-3-9-15-25/h1-18H,19-22H2. The predicted molar refractivity (Wildman–Crippen MR) is 136 cm³/mol. The third-order valence-corrected chi connectivity index (χ3v) is 5.50. The van der Waals surface area contributed by atoms with Gasteiger partial charge >= 0.3 is 12.1 Å². The number of nitrogens with zero attached hydrogens (tertiary/aromatic N) is 1. The van der Waals surface area contributed by atoms with E-state index in [1.165, 1.54) is 17.0 Å². The molecule has 5 nitrogen and oxygen atoms in total. The lowest BCUT2D eigenvalue weighted by Gasteiger charge is -2.23. The van der Waals surface area contributed by atoms with E-state index in [-0.39, 0.29) is 31.9 Å². The molecule has 182 valence electrons. The maximum atomic E-state index is 15.2. The number of benzene rings is 4. The minimum Gasteiger partial charge on any atom is -0.461 e. The Morgan fingerprint density at radius 2 is 1.17 bits per heavy atom. The van der Waals surface area contributed by atoms with E-state index in [0.29, 0.717) is 5.56 Å². The lowest BCUT2D eigenvalue weighted by Crippen LogP contribution is -2.31. The maximum Gasteiger partial charge on any atom is 0.415 e. The maximum absolute atomic E-state index is 15.2. The Morgan fingerprint density at radius 1 is 0.639 bits per heavy atom. The molecule has 0 aromatic heterocycles. The number of amides is 1. The van der Waals surface area contributed by atoms with Crippen LogP contribution in [0, 0.1) is 5.82 Å². The molecular weight excluding hydrogens is 457 g/mol. The molecule has 0 saturated heterocycles. The largest absolute Gasteiger partial charge is 0.461 e. The zero-order chi connectivity index (χ0) is 25.2. The van der Waals surface area contributed by atoms with Crippen molar-refractivity contribution in [1.29, 1.82) is 0 Å². The quantitative estimate of drug-likeness (QED) is 0.257. The first kappa shape index (κ1) is 24.7. The summed E-state index contributed by atoms with van der Waals surface area (Å²) < 4.78 is 26.0. The number of hydrogen-bond donors (Lipinski definition) is 0. The fraction of sp³-hybridized carbons (Fsp3) is 0.133. The molecule has 36 heavy (non-hydrogen) atoms. The molecule has 4 aromatic carbocycles. The molecule has 0 aliphatic carbocycles. The highest BCUT2D eigenvalue weighted by molar-refractivity contribution is 5.88. The van der Waals surface area contributed by atoms with Gasteiger partial charge in [-0.25, -0.2) is 9.18 Å². The summed E-state index contributed by atoms with van der Waals surface area (Å²) >= 11 is 0. The Balaban J connectivity index is 1.46. The lowest BCUT2D eigenvalue weighted by atomic mass is 10.1. The van der Waals surface area contributed by atoms with E-state index in [4.69, 9.17) is 9.47 Å². The van der Waals surface area contributed by atoms with Crippen LogP contribution in [0.1, 0.15) is 22.3 Å². The SMILES string of the molecule is O=C(Cc1ccc(N(Cc2ccccc2)C(=O)OCc2ccccc2)c(F)c1)OCc1ccccc1. The molecule has 0 saturated carbocycles. The van der Waals surface area contributed by atoms with Gasteiger partial charge in [-0.2, -0.15) is 0 Å². The van der Waals surface area contributed by atoms with Crippen molar-refractivity contribution < 1.29 is 23.5 Å². The Labute approximate surface area is 209 Å². The van der Waals surface area contributed by atoms with Crippen LogP contribution in [0.25, 0.3) is 0 Å². The van der Waals surface area contributed by atoms with E-state index in [0.717, 1.165) is 16.7 Å². The van der Waals surface area contributed by atoms with Gasteiger partial charge in [0.25, 0.3) is 0 Å². The summed E-state index contributed by atoms with van der Waals surface area (Å²) in [4.78, 5) is 26.5. The molecule has 0 aliphatic rings. The van der Waals surface area contributed by atoms with Crippen molar-refractivity contribution in [2.75, 3.05) is 4.90 Å². The van der Waals surface area contributed by atoms with Crippen LogP contribution >= 0.6 is 0 Å². The number of esters is 1. The van der Waals surface area contributed by atoms with Crippen LogP contribution in [-0.4, -0.2) is 12.1 Å². The predicted octanol–water partition coefficient (Wildman–Crippen LogP) is 6.46. The second-order valence-corrected chi connectivity index (χ2v) is 8.22. The van der Waals surface area contributed by atoms with Crippen molar-refractivity contribution in [3.63, 3.8) is 0 Å². The van der Waals surface area contributed by atoms with Gasteiger partial charge in [0.05, 0.1) is 18.7 Å². The van der Waals surface area contributed by atoms with E-state index in [2.05, 4.69) is 0 Å². The molecule has 0 unspecified atom stereocenters. The second kappa shape index (κ2) is 12.3. The van der Waals surface area contributed by atoms with E-state index >= 15 is 4.39 Å². The number of ether oxygens (including phenoxy) is 2. The van der Waals surface area contributed by atoms with Gasteiger partial charge in [-0.1, -0.05) is 97.1 Å². The van der Waals surface area contributed by atoms with Crippen LogP contribution in [0.3, 0.4) is 0 Å². The number of halogens is 1. The molecule has 1 amide bonds. The third kappa shape index (κ3) is 7.03. The van der Waals surface area contributed by atoms with Crippen LogP contribution in [-0.2, 0) is 40.4 Å². The first-order chi connectivity index (χ1) is 17.6. The topological polar surface area (TPSA) is 55.8 Å². The van der Waals surface area contributed by atoms with E-state index in [9.17, 15) is 9.59 Å². The molecule has 0 heterocycles. The normalized spacial score (nSPS) is 10.5. The summed E-state index contributed by atoms with van der Waals surface area (Å²) in [5.74, 6) is -1.09. The monoisotopic (exact) mass is 483 g/mol. The number of carbonyl (C=O) groups is 2. The van der Waals surface area contributed by atoms with Crippen molar-refractivity contribution in [3.05, 3.63) is 137 Å².